The second-order valence-corrected chi connectivity index (χ2v) is 15.6. The SMILES string of the molecule is O=S(=O)(O)c1ccc(C#Cc2[nH]nc3c(CCCCCCCCCC(F)F)nc(-c4ccc(CCCCCCCCCC(F)(F)F)cc4)nc23)s1. The monoisotopic (exact) mass is 752 g/mol. The van der Waals surface area contributed by atoms with Crippen LogP contribution in [0.2, 0.25) is 0 Å². The van der Waals surface area contributed by atoms with E-state index in [1.54, 1.807) is 0 Å². The number of nitrogens with one attached hydrogen (secondary N) is 1. The Morgan fingerprint density at radius 3 is 1.96 bits per heavy atom. The van der Waals surface area contributed by atoms with Crippen molar-refractivity contribution in [1.82, 2.24) is 20.2 Å². The Kier molecular flexibility index (Phi) is 15.8. The zero-order chi connectivity index (χ0) is 36.7. The lowest BCUT2D eigenvalue weighted by atomic mass is 10.0. The van der Waals surface area contributed by atoms with Gasteiger partial charge in [0, 0.05) is 18.4 Å². The summed E-state index contributed by atoms with van der Waals surface area (Å²) < 4.78 is 93.6. The topological polar surface area (TPSA) is 109 Å². The van der Waals surface area contributed by atoms with Crippen molar-refractivity contribution in [3.8, 4) is 23.2 Å². The van der Waals surface area contributed by atoms with Crippen molar-refractivity contribution < 1.29 is 34.9 Å². The van der Waals surface area contributed by atoms with Gasteiger partial charge in [-0.15, -0.1) is 11.3 Å². The zero-order valence-corrected chi connectivity index (χ0v) is 30.2. The number of aryl methyl sites for hydroxylation is 2. The molecule has 0 saturated carbocycles. The Labute approximate surface area is 300 Å². The van der Waals surface area contributed by atoms with Crippen LogP contribution in [0, 0.1) is 11.8 Å². The fraction of sp³-hybridized carbons (Fsp3) is 0.541. The molecule has 0 spiro atoms. The molecular weight excluding hydrogens is 708 g/mol. The molecule has 0 atom stereocenters. The Hall–Kier alpha value is -3.41. The van der Waals surface area contributed by atoms with Gasteiger partial charge in [-0.05, 0) is 68.1 Å². The highest BCUT2D eigenvalue weighted by atomic mass is 32.3. The quantitative estimate of drug-likeness (QED) is 0.0380. The number of thiophene rings is 1. The summed E-state index contributed by atoms with van der Waals surface area (Å²) in [5.41, 5.74) is 4.41. The van der Waals surface area contributed by atoms with Crippen molar-refractivity contribution >= 4 is 32.5 Å². The van der Waals surface area contributed by atoms with E-state index in [-0.39, 0.29) is 17.1 Å². The standard InChI is InChI=1S/C37H45F5N4O3S2/c38-32(39)17-13-9-5-1-4-8-12-16-30-35-34(31(45-46-35)24-22-29-23-25-33(50-29)51(47,48)49)44-36(43-30)28-20-18-27(19-21-28)15-11-7-3-2-6-10-14-26-37(40,41)42/h18-21,23,25,32H,1-17,26H2,(H,45,46)(H,47,48,49). The molecule has 4 aromatic rings. The second kappa shape index (κ2) is 20.0. The molecule has 2 N–H and O–H groups in total. The Morgan fingerprint density at radius 2 is 1.35 bits per heavy atom. The highest BCUT2D eigenvalue weighted by molar-refractivity contribution is 7.88. The van der Waals surface area contributed by atoms with Crippen LogP contribution >= 0.6 is 11.3 Å². The van der Waals surface area contributed by atoms with Crippen LogP contribution in [0.15, 0.2) is 40.6 Å². The normalized spacial score (nSPS) is 12.1. The van der Waals surface area contributed by atoms with E-state index >= 15 is 0 Å². The molecular formula is C37H45F5N4O3S2. The molecule has 0 aliphatic carbocycles. The molecule has 0 saturated heterocycles. The van der Waals surface area contributed by atoms with Crippen molar-refractivity contribution in [2.75, 3.05) is 0 Å². The van der Waals surface area contributed by atoms with E-state index in [1.807, 2.05) is 12.1 Å². The third-order valence-electron chi connectivity index (χ3n) is 8.59. The number of nitrogens with zero attached hydrogens (tertiary/aromatic N) is 3. The summed E-state index contributed by atoms with van der Waals surface area (Å²) in [6.45, 7) is 0. The molecule has 0 radical (unpaired) electrons. The van der Waals surface area contributed by atoms with Gasteiger partial charge in [0.15, 0.2) is 5.82 Å². The fourth-order valence-corrected chi connectivity index (χ4v) is 7.35. The van der Waals surface area contributed by atoms with Crippen molar-refractivity contribution in [3.63, 3.8) is 0 Å². The minimum Gasteiger partial charge on any atom is -0.281 e. The first-order valence-electron chi connectivity index (χ1n) is 17.7. The maximum Gasteiger partial charge on any atom is 0.389 e. The lowest BCUT2D eigenvalue weighted by Crippen LogP contribution is -2.06. The number of aromatic nitrogens is 4. The Morgan fingerprint density at radius 1 is 0.745 bits per heavy atom. The predicted octanol–water partition coefficient (Wildman–Crippen LogP) is 10.9. The molecule has 0 aliphatic rings. The van der Waals surface area contributed by atoms with E-state index in [4.69, 9.17) is 9.97 Å². The number of halogens is 5. The van der Waals surface area contributed by atoms with Gasteiger partial charge in [0.25, 0.3) is 0 Å². The van der Waals surface area contributed by atoms with Gasteiger partial charge in [0.1, 0.15) is 20.9 Å². The molecule has 0 amide bonds. The van der Waals surface area contributed by atoms with Crippen LogP contribution in [0.1, 0.15) is 125 Å². The highest BCUT2D eigenvalue weighted by Crippen LogP contribution is 2.26. The van der Waals surface area contributed by atoms with Crippen LogP contribution in [0.4, 0.5) is 22.0 Å². The number of fused-ring (bicyclic) bond motifs is 1. The van der Waals surface area contributed by atoms with Crippen LogP contribution in [0.5, 0.6) is 0 Å². The number of benzene rings is 1. The van der Waals surface area contributed by atoms with Crippen LogP contribution in [0.25, 0.3) is 22.4 Å². The maximum absolute atomic E-state index is 12.4. The van der Waals surface area contributed by atoms with Crippen molar-refractivity contribution in [1.29, 1.82) is 0 Å². The molecule has 0 unspecified atom stereocenters. The van der Waals surface area contributed by atoms with Crippen molar-refractivity contribution in [2.45, 2.75) is 132 Å². The number of aromatic amines is 1. The molecule has 14 heteroatoms. The average Bonchev–Trinajstić information content (AvgIpc) is 3.73. The fourth-order valence-electron chi connectivity index (χ4n) is 5.83. The molecule has 3 aromatic heterocycles. The summed E-state index contributed by atoms with van der Waals surface area (Å²) in [6.07, 6.45) is 6.29. The number of H-pyrrole nitrogens is 1. The van der Waals surface area contributed by atoms with E-state index in [0.717, 1.165) is 99.6 Å². The number of hydrogen-bond donors (Lipinski definition) is 2. The number of rotatable bonds is 21. The number of alkyl halides is 5. The minimum atomic E-state index is -4.32. The predicted molar refractivity (Wildman–Crippen MR) is 191 cm³/mol. The molecule has 0 fully saturated rings. The van der Waals surface area contributed by atoms with Crippen LogP contribution in [0.3, 0.4) is 0 Å². The number of hydrogen-bond acceptors (Lipinski definition) is 6. The summed E-state index contributed by atoms with van der Waals surface area (Å²) in [5, 5.41) is 7.43. The first-order valence-corrected chi connectivity index (χ1v) is 19.9. The van der Waals surface area contributed by atoms with Crippen LogP contribution in [-0.4, -0.2) is 45.7 Å². The van der Waals surface area contributed by atoms with Crippen LogP contribution < -0.4 is 0 Å². The Balaban J connectivity index is 1.39. The average molecular weight is 753 g/mol. The molecule has 4 rings (SSSR count). The van der Waals surface area contributed by atoms with Gasteiger partial charge in [-0.1, -0.05) is 88.5 Å². The lowest BCUT2D eigenvalue weighted by Gasteiger charge is -2.08. The van der Waals surface area contributed by atoms with Gasteiger partial charge in [-0.3, -0.25) is 9.65 Å². The molecule has 1 aromatic carbocycles. The van der Waals surface area contributed by atoms with E-state index in [2.05, 4.69) is 34.2 Å². The molecule has 51 heavy (non-hydrogen) atoms. The van der Waals surface area contributed by atoms with Gasteiger partial charge < -0.3 is 0 Å². The largest absolute Gasteiger partial charge is 0.389 e. The van der Waals surface area contributed by atoms with E-state index in [1.165, 1.54) is 17.7 Å². The van der Waals surface area contributed by atoms with E-state index < -0.39 is 29.1 Å². The molecule has 278 valence electrons. The summed E-state index contributed by atoms with van der Waals surface area (Å²) in [7, 11) is -4.32. The highest BCUT2D eigenvalue weighted by Gasteiger charge is 2.25. The summed E-state index contributed by atoms with van der Waals surface area (Å²) in [6, 6.07) is 10.9. The molecule has 7 nitrogen and oxygen atoms in total. The second-order valence-electron chi connectivity index (χ2n) is 12.8. The number of unbranched alkanes of at least 4 members (excludes halogenated alkanes) is 12. The van der Waals surface area contributed by atoms with Gasteiger partial charge in [-0.25, -0.2) is 18.7 Å². The first kappa shape index (κ1) is 40.4. The zero-order valence-electron chi connectivity index (χ0n) is 28.6. The van der Waals surface area contributed by atoms with Crippen molar-refractivity contribution in [2.24, 2.45) is 0 Å². The lowest BCUT2D eigenvalue weighted by molar-refractivity contribution is -0.135. The third kappa shape index (κ3) is 14.3. The van der Waals surface area contributed by atoms with Gasteiger partial charge in [0.2, 0.25) is 6.43 Å². The maximum atomic E-state index is 12.4. The first-order chi connectivity index (χ1) is 24.4. The molecule has 3 heterocycles. The summed E-state index contributed by atoms with van der Waals surface area (Å²) in [5.74, 6) is 6.47. The Bertz CT molecular complexity index is 1830. The summed E-state index contributed by atoms with van der Waals surface area (Å²) >= 11 is 0.861. The minimum absolute atomic E-state index is 0.0366. The van der Waals surface area contributed by atoms with E-state index in [0.29, 0.717) is 46.7 Å². The van der Waals surface area contributed by atoms with Crippen LogP contribution in [-0.2, 0) is 23.0 Å². The van der Waals surface area contributed by atoms with Crippen molar-refractivity contribution in [3.05, 3.63) is 58.2 Å². The van der Waals surface area contributed by atoms with Gasteiger partial charge in [0.05, 0.1) is 10.6 Å². The van der Waals surface area contributed by atoms with Gasteiger partial charge >= 0.3 is 16.3 Å². The van der Waals surface area contributed by atoms with Gasteiger partial charge in [-0.2, -0.15) is 26.7 Å². The van der Waals surface area contributed by atoms with E-state index in [9.17, 15) is 34.9 Å². The third-order valence-corrected chi connectivity index (χ3v) is 10.9. The molecule has 0 bridgehead atoms. The molecule has 0 aliphatic heterocycles. The summed E-state index contributed by atoms with van der Waals surface area (Å²) in [4.78, 5) is 10.2. The smallest absolute Gasteiger partial charge is 0.281 e.